The van der Waals surface area contributed by atoms with E-state index in [9.17, 15) is 0 Å². The largest absolute Gasteiger partial charge is 0.268 e. The van der Waals surface area contributed by atoms with E-state index < -0.39 is 0 Å². The highest BCUT2D eigenvalue weighted by Gasteiger charge is 2.06. The number of nitrogens with two attached hydrogens (primary N) is 1. The van der Waals surface area contributed by atoms with Crippen LogP contribution in [0, 0.1) is 0 Å². The van der Waals surface area contributed by atoms with Gasteiger partial charge in [-0.2, -0.15) is 0 Å². The second-order valence-electron chi connectivity index (χ2n) is 4.09. The summed E-state index contributed by atoms with van der Waals surface area (Å²) in [6.07, 6.45) is 0. The first-order valence-electron chi connectivity index (χ1n) is 5.63. The number of rotatable bonds is 4. The van der Waals surface area contributed by atoms with Crippen LogP contribution in [0.25, 0.3) is 0 Å². The van der Waals surface area contributed by atoms with E-state index in [1.54, 1.807) is 5.01 Å². The second kappa shape index (κ2) is 6.48. The molecule has 0 bridgehead atoms. The highest BCUT2D eigenvalue weighted by atomic mass is 79.9. The lowest BCUT2D eigenvalue weighted by molar-refractivity contribution is 0.265. The minimum atomic E-state index is 0.711. The summed E-state index contributed by atoms with van der Waals surface area (Å²) in [5.41, 5.74) is 2.37. The van der Waals surface area contributed by atoms with Gasteiger partial charge in [-0.3, -0.25) is 5.84 Å². The maximum absolute atomic E-state index is 6.07. The molecule has 0 saturated carbocycles. The maximum Gasteiger partial charge on any atom is 0.0394 e. The normalized spacial score (nSPS) is 10.9. The number of hydrogen-bond acceptors (Lipinski definition) is 2. The molecule has 0 aliphatic carbocycles. The smallest absolute Gasteiger partial charge is 0.0394 e. The van der Waals surface area contributed by atoms with Gasteiger partial charge in [0.05, 0.1) is 0 Å². The summed E-state index contributed by atoms with van der Waals surface area (Å²) in [5, 5.41) is 1.81. The van der Waals surface area contributed by atoms with Crippen molar-refractivity contribution >= 4 is 31.9 Å². The standard InChI is InChI=1S/C14H14Br2N2/c15-13-7-3-1-5-11(13)9-18(17)10-12-6-2-4-8-14(12)16/h1-8H,9-10,17H2. The SMILES string of the molecule is NN(Cc1ccccc1Br)Cc1ccccc1Br. The lowest BCUT2D eigenvalue weighted by Gasteiger charge is -2.18. The van der Waals surface area contributed by atoms with E-state index >= 15 is 0 Å². The summed E-state index contributed by atoms with van der Waals surface area (Å²) in [7, 11) is 0. The second-order valence-corrected chi connectivity index (χ2v) is 5.80. The highest BCUT2D eigenvalue weighted by Crippen LogP contribution is 2.20. The molecule has 0 aliphatic heterocycles. The molecule has 4 heteroatoms. The van der Waals surface area contributed by atoms with Crippen molar-refractivity contribution in [2.24, 2.45) is 5.84 Å². The van der Waals surface area contributed by atoms with Crippen molar-refractivity contribution in [3.63, 3.8) is 0 Å². The third-order valence-corrected chi connectivity index (χ3v) is 4.21. The van der Waals surface area contributed by atoms with E-state index in [1.165, 1.54) is 11.1 Å². The van der Waals surface area contributed by atoms with Crippen molar-refractivity contribution in [3.05, 3.63) is 68.6 Å². The van der Waals surface area contributed by atoms with Gasteiger partial charge in [-0.05, 0) is 23.3 Å². The minimum Gasteiger partial charge on any atom is -0.268 e. The molecule has 0 heterocycles. The summed E-state index contributed by atoms with van der Waals surface area (Å²) in [5.74, 6) is 6.07. The third-order valence-electron chi connectivity index (χ3n) is 2.66. The molecule has 0 spiro atoms. The van der Waals surface area contributed by atoms with E-state index in [0.717, 1.165) is 8.95 Å². The summed E-state index contributed by atoms with van der Waals surface area (Å²) >= 11 is 7.07. The minimum absolute atomic E-state index is 0.711. The molecule has 94 valence electrons. The Bertz CT molecular complexity index is 481. The summed E-state index contributed by atoms with van der Waals surface area (Å²) in [4.78, 5) is 0. The zero-order valence-corrected chi connectivity index (χ0v) is 13.0. The predicted molar refractivity (Wildman–Crippen MR) is 81.7 cm³/mol. The Morgan fingerprint density at radius 3 is 1.56 bits per heavy atom. The fourth-order valence-corrected chi connectivity index (χ4v) is 2.57. The first kappa shape index (κ1) is 13.7. The van der Waals surface area contributed by atoms with Gasteiger partial charge in [0, 0.05) is 22.0 Å². The van der Waals surface area contributed by atoms with Crippen LogP contribution in [0.2, 0.25) is 0 Å². The van der Waals surface area contributed by atoms with E-state index in [4.69, 9.17) is 5.84 Å². The first-order valence-corrected chi connectivity index (χ1v) is 7.22. The summed E-state index contributed by atoms with van der Waals surface area (Å²) in [6, 6.07) is 16.3. The number of hydrazine groups is 1. The number of nitrogens with zero attached hydrogens (tertiary/aromatic N) is 1. The summed E-state index contributed by atoms with van der Waals surface area (Å²) in [6.45, 7) is 1.42. The monoisotopic (exact) mass is 368 g/mol. The Balaban J connectivity index is 2.04. The van der Waals surface area contributed by atoms with E-state index in [-0.39, 0.29) is 0 Å². The van der Waals surface area contributed by atoms with Crippen LogP contribution in [0.1, 0.15) is 11.1 Å². The van der Waals surface area contributed by atoms with Gasteiger partial charge in [-0.1, -0.05) is 68.3 Å². The van der Waals surface area contributed by atoms with Crippen molar-refractivity contribution in [1.82, 2.24) is 5.01 Å². The molecule has 2 rings (SSSR count). The van der Waals surface area contributed by atoms with Crippen LogP contribution in [-0.4, -0.2) is 5.01 Å². The molecule has 0 unspecified atom stereocenters. The number of benzene rings is 2. The van der Waals surface area contributed by atoms with Gasteiger partial charge < -0.3 is 0 Å². The molecular weight excluding hydrogens is 356 g/mol. The number of halogens is 2. The molecule has 0 fully saturated rings. The van der Waals surface area contributed by atoms with Gasteiger partial charge in [0.15, 0.2) is 0 Å². The van der Waals surface area contributed by atoms with Crippen molar-refractivity contribution < 1.29 is 0 Å². The van der Waals surface area contributed by atoms with Crippen LogP contribution in [0.4, 0.5) is 0 Å². The van der Waals surface area contributed by atoms with Crippen molar-refractivity contribution in [3.8, 4) is 0 Å². The van der Waals surface area contributed by atoms with Crippen LogP contribution in [0.5, 0.6) is 0 Å². The van der Waals surface area contributed by atoms with Crippen LogP contribution >= 0.6 is 31.9 Å². The van der Waals surface area contributed by atoms with Crippen LogP contribution in [0.3, 0.4) is 0 Å². The van der Waals surface area contributed by atoms with Gasteiger partial charge in [-0.15, -0.1) is 0 Å². The van der Waals surface area contributed by atoms with Crippen LogP contribution in [-0.2, 0) is 13.1 Å². The van der Waals surface area contributed by atoms with Crippen LogP contribution < -0.4 is 5.84 Å². The zero-order valence-electron chi connectivity index (χ0n) is 9.81. The molecule has 0 aromatic heterocycles. The van der Waals surface area contributed by atoms with Gasteiger partial charge in [0.1, 0.15) is 0 Å². The molecule has 18 heavy (non-hydrogen) atoms. The zero-order chi connectivity index (χ0) is 13.0. The Kier molecular flexibility index (Phi) is 4.95. The maximum atomic E-state index is 6.07. The first-order chi connectivity index (χ1) is 8.66. The topological polar surface area (TPSA) is 29.3 Å². The Labute approximate surface area is 124 Å². The fourth-order valence-electron chi connectivity index (χ4n) is 1.75. The van der Waals surface area contributed by atoms with Gasteiger partial charge >= 0.3 is 0 Å². The van der Waals surface area contributed by atoms with Crippen molar-refractivity contribution in [2.75, 3.05) is 0 Å². The molecule has 0 atom stereocenters. The molecule has 2 N–H and O–H groups in total. The Morgan fingerprint density at radius 1 is 0.778 bits per heavy atom. The number of hydrogen-bond donors (Lipinski definition) is 1. The van der Waals surface area contributed by atoms with Gasteiger partial charge in [0.25, 0.3) is 0 Å². The van der Waals surface area contributed by atoms with Crippen LogP contribution in [0.15, 0.2) is 57.5 Å². The third kappa shape index (κ3) is 3.65. The quantitative estimate of drug-likeness (QED) is 0.649. The molecule has 0 radical (unpaired) electrons. The van der Waals surface area contributed by atoms with E-state index in [0.29, 0.717) is 13.1 Å². The average molecular weight is 370 g/mol. The molecule has 0 saturated heterocycles. The molecular formula is C14H14Br2N2. The van der Waals surface area contributed by atoms with Crippen molar-refractivity contribution in [1.29, 1.82) is 0 Å². The highest BCUT2D eigenvalue weighted by molar-refractivity contribution is 9.10. The molecule has 0 amide bonds. The average Bonchev–Trinajstić information content (AvgIpc) is 2.35. The van der Waals surface area contributed by atoms with Gasteiger partial charge in [-0.25, -0.2) is 5.01 Å². The molecule has 2 nitrogen and oxygen atoms in total. The Hall–Kier alpha value is -0.680. The van der Waals surface area contributed by atoms with E-state index in [2.05, 4.69) is 44.0 Å². The molecule has 0 aliphatic rings. The van der Waals surface area contributed by atoms with Crippen molar-refractivity contribution in [2.45, 2.75) is 13.1 Å². The lowest BCUT2D eigenvalue weighted by Crippen LogP contribution is -2.30. The van der Waals surface area contributed by atoms with Gasteiger partial charge in [0.2, 0.25) is 0 Å². The molecule has 2 aromatic carbocycles. The lowest BCUT2D eigenvalue weighted by atomic mass is 10.2. The molecule has 2 aromatic rings. The predicted octanol–water partition coefficient (Wildman–Crippen LogP) is 4.09. The summed E-state index contributed by atoms with van der Waals surface area (Å²) < 4.78 is 2.18. The van der Waals surface area contributed by atoms with E-state index in [1.807, 2.05) is 36.4 Å². The Morgan fingerprint density at radius 2 is 1.17 bits per heavy atom. The fraction of sp³-hybridized carbons (Fsp3) is 0.143.